The number of imide groups is 1. The normalized spacial score (nSPS) is 11.8. The standard InChI is InChI=1S/C18H21N3O2/c1-19-18(23)20-17(22)16(15-11-7-4-8-12-15)21(2)13-14-9-5-3-6-10-14/h3-12,16H,13H2,1-2H3,(H2,19,20,22,23)/t16-/m0/s1. The molecule has 0 bridgehead atoms. The molecule has 0 saturated heterocycles. The Bertz CT molecular complexity index is 644. The fraction of sp³-hybridized carbons (Fsp3) is 0.222. The van der Waals surface area contributed by atoms with Crippen LogP contribution < -0.4 is 10.6 Å². The second-order valence-corrected chi connectivity index (χ2v) is 5.28. The van der Waals surface area contributed by atoms with E-state index in [0.29, 0.717) is 6.54 Å². The predicted octanol–water partition coefficient (Wildman–Crippen LogP) is 2.32. The van der Waals surface area contributed by atoms with E-state index in [1.807, 2.05) is 72.6 Å². The summed E-state index contributed by atoms with van der Waals surface area (Å²) in [5, 5.41) is 4.77. The van der Waals surface area contributed by atoms with Crippen LogP contribution in [0.25, 0.3) is 0 Å². The molecule has 5 heteroatoms. The van der Waals surface area contributed by atoms with Crippen LogP contribution in [0.5, 0.6) is 0 Å². The van der Waals surface area contributed by atoms with Crippen molar-refractivity contribution in [3.05, 3.63) is 71.8 Å². The molecule has 0 spiro atoms. The summed E-state index contributed by atoms with van der Waals surface area (Å²) < 4.78 is 0. The molecule has 0 fully saturated rings. The van der Waals surface area contributed by atoms with Gasteiger partial charge in [0.25, 0.3) is 0 Å². The summed E-state index contributed by atoms with van der Waals surface area (Å²) in [7, 11) is 3.35. The fourth-order valence-corrected chi connectivity index (χ4v) is 2.45. The van der Waals surface area contributed by atoms with Gasteiger partial charge in [-0.2, -0.15) is 0 Å². The molecule has 5 nitrogen and oxygen atoms in total. The molecule has 0 heterocycles. The number of benzene rings is 2. The van der Waals surface area contributed by atoms with Crippen molar-refractivity contribution in [1.82, 2.24) is 15.5 Å². The van der Waals surface area contributed by atoms with Gasteiger partial charge in [0.15, 0.2) is 0 Å². The minimum absolute atomic E-state index is 0.353. The second kappa shape index (κ2) is 8.10. The molecule has 0 saturated carbocycles. The third kappa shape index (κ3) is 4.66. The van der Waals surface area contributed by atoms with Gasteiger partial charge >= 0.3 is 6.03 Å². The molecule has 0 aliphatic rings. The average Bonchev–Trinajstić information content (AvgIpc) is 2.56. The van der Waals surface area contributed by atoms with Gasteiger partial charge in [-0.1, -0.05) is 60.7 Å². The van der Waals surface area contributed by atoms with Crippen LogP contribution in [0.3, 0.4) is 0 Å². The number of nitrogens with zero attached hydrogens (tertiary/aromatic N) is 1. The third-order valence-electron chi connectivity index (χ3n) is 3.54. The first kappa shape index (κ1) is 16.7. The second-order valence-electron chi connectivity index (χ2n) is 5.28. The summed E-state index contributed by atoms with van der Waals surface area (Å²) in [6.07, 6.45) is 0. The highest BCUT2D eigenvalue weighted by atomic mass is 16.2. The molecule has 0 aliphatic carbocycles. The third-order valence-corrected chi connectivity index (χ3v) is 3.54. The van der Waals surface area contributed by atoms with Crippen LogP contribution >= 0.6 is 0 Å². The largest absolute Gasteiger partial charge is 0.341 e. The van der Waals surface area contributed by atoms with Crippen LogP contribution in [0.1, 0.15) is 17.2 Å². The number of urea groups is 1. The predicted molar refractivity (Wildman–Crippen MR) is 89.7 cm³/mol. The minimum atomic E-state index is -0.547. The molecule has 2 rings (SSSR count). The number of carbonyl (C=O) groups is 2. The Hall–Kier alpha value is -2.66. The average molecular weight is 311 g/mol. The van der Waals surface area contributed by atoms with Gasteiger partial charge in [-0.05, 0) is 18.2 Å². The summed E-state index contributed by atoms with van der Waals surface area (Å²) in [5.41, 5.74) is 1.94. The van der Waals surface area contributed by atoms with Crippen molar-refractivity contribution in [2.24, 2.45) is 0 Å². The van der Waals surface area contributed by atoms with Gasteiger partial charge in [0.1, 0.15) is 6.04 Å². The Morgan fingerprint density at radius 3 is 2.13 bits per heavy atom. The molecule has 0 aliphatic heterocycles. The molecular weight excluding hydrogens is 290 g/mol. The van der Waals surface area contributed by atoms with Gasteiger partial charge in [0.05, 0.1) is 0 Å². The molecule has 2 N–H and O–H groups in total. The van der Waals surface area contributed by atoms with Crippen molar-refractivity contribution in [3.8, 4) is 0 Å². The van der Waals surface area contributed by atoms with Crippen molar-refractivity contribution in [3.63, 3.8) is 0 Å². The van der Waals surface area contributed by atoms with E-state index in [0.717, 1.165) is 11.1 Å². The van der Waals surface area contributed by atoms with Gasteiger partial charge in [0, 0.05) is 13.6 Å². The molecule has 0 unspecified atom stereocenters. The maximum atomic E-state index is 12.5. The van der Waals surface area contributed by atoms with Crippen molar-refractivity contribution < 1.29 is 9.59 Å². The van der Waals surface area contributed by atoms with E-state index >= 15 is 0 Å². The zero-order valence-electron chi connectivity index (χ0n) is 13.3. The molecule has 23 heavy (non-hydrogen) atoms. The SMILES string of the molecule is CNC(=O)NC(=O)[C@H](c1ccccc1)N(C)Cc1ccccc1. The van der Waals surface area contributed by atoms with Crippen molar-refractivity contribution >= 4 is 11.9 Å². The van der Waals surface area contributed by atoms with Crippen LogP contribution in [0.2, 0.25) is 0 Å². The van der Waals surface area contributed by atoms with E-state index in [4.69, 9.17) is 0 Å². The van der Waals surface area contributed by atoms with Gasteiger partial charge in [-0.25, -0.2) is 4.79 Å². The quantitative estimate of drug-likeness (QED) is 0.891. The Morgan fingerprint density at radius 1 is 1.00 bits per heavy atom. The number of amides is 3. The van der Waals surface area contributed by atoms with E-state index < -0.39 is 12.1 Å². The maximum Gasteiger partial charge on any atom is 0.321 e. The number of rotatable bonds is 5. The van der Waals surface area contributed by atoms with Gasteiger partial charge < -0.3 is 5.32 Å². The number of nitrogens with one attached hydrogen (secondary N) is 2. The van der Waals surface area contributed by atoms with Crippen molar-refractivity contribution in [2.45, 2.75) is 12.6 Å². The first-order chi connectivity index (χ1) is 11.1. The summed E-state index contributed by atoms with van der Waals surface area (Å²) in [6, 6.07) is 18.3. The lowest BCUT2D eigenvalue weighted by molar-refractivity contribution is -0.125. The Labute approximate surface area is 136 Å². The molecule has 0 aromatic heterocycles. The van der Waals surface area contributed by atoms with Crippen molar-refractivity contribution in [2.75, 3.05) is 14.1 Å². The molecule has 2 aromatic carbocycles. The van der Waals surface area contributed by atoms with Gasteiger partial charge in [-0.3, -0.25) is 15.0 Å². The van der Waals surface area contributed by atoms with Gasteiger partial charge in [0.2, 0.25) is 5.91 Å². The summed E-state index contributed by atoms with van der Waals surface area (Å²) >= 11 is 0. The van der Waals surface area contributed by atoms with Gasteiger partial charge in [-0.15, -0.1) is 0 Å². The Morgan fingerprint density at radius 2 is 1.57 bits per heavy atom. The molecule has 3 amide bonds. The molecule has 2 aromatic rings. The Balaban J connectivity index is 2.22. The minimum Gasteiger partial charge on any atom is -0.341 e. The molecular formula is C18H21N3O2. The van der Waals surface area contributed by atoms with E-state index in [1.165, 1.54) is 7.05 Å². The highest BCUT2D eigenvalue weighted by Crippen LogP contribution is 2.21. The lowest BCUT2D eigenvalue weighted by Crippen LogP contribution is -2.44. The number of carbonyl (C=O) groups excluding carboxylic acids is 2. The molecule has 0 radical (unpaired) electrons. The monoisotopic (exact) mass is 311 g/mol. The van der Waals surface area contributed by atoms with E-state index in [-0.39, 0.29) is 5.91 Å². The lowest BCUT2D eigenvalue weighted by Gasteiger charge is -2.27. The first-order valence-electron chi connectivity index (χ1n) is 7.43. The summed E-state index contributed by atoms with van der Waals surface area (Å²) in [5.74, 6) is -0.353. The number of hydrogen-bond acceptors (Lipinski definition) is 3. The zero-order chi connectivity index (χ0) is 16.7. The number of hydrogen-bond donors (Lipinski definition) is 2. The van der Waals surface area contributed by atoms with Crippen LogP contribution in [0, 0.1) is 0 Å². The topological polar surface area (TPSA) is 61.4 Å². The molecule has 120 valence electrons. The highest BCUT2D eigenvalue weighted by Gasteiger charge is 2.26. The Kier molecular flexibility index (Phi) is 5.88. The lowest BCUT2D eigenvalue weighted by atomic mass is 10.0. The van der Waals surface area contributed by atoms with E-state index in [9.17, 15) is 9.59 Å². The summed E-state index contributed by atoms with van der Waals surface area (Å²) in [4.78, 5) is 25.9. The van der Waals surface area contributed by atoms with Crippen LogP contribution in [0.4, 0.5) is 4.79 Å². The van der Waals surface area contributed by atoms with E-state index in [2.05, 4.69) is 10.6 Å². The maximum absolute atomic E-state index is 12.5. The van der Waals surface area contributed by atoms with Crippen molar-refractivity contribution in [1.29, 1.82) is 0 Å². The van der Waals surface area contributed by atoms with Crippen LogP contribution in [0.15, 0.2) is 60.7 Å². The smallest absolute Gasteiger partial charge is 0.321 e. The first-order valence-corrected chi connectivity index (χ1v) is 7.43. The highest BCUT2D eigenvalue weighted by molar-refractivity contribution is 5.97. The van der Waals surface area contributed by atoms with E-state index in [1.54, 1.807) is 0 Å². The van der Waals surface area contributed by atoms with Crippen LogP contribution in [-0.4, -0.2) is 30.9 Å². The van der Waals surface area contributed by atoms with Crippen LogP contribution in [-0.2, 0) is 11.3 Å². The zero-order valence-corrected chi connectivity index (χ0v) is 13.3. The fourth-order valence-electron chi connectivity index (χ4n) is 2.45. The molecule has 1 atom stereocenters. The number of likely N-dealkylation sites (N-methyl/N-ethyl adjacent to an activating group) is 1. The summed E-state index contributed by atoms with van der Waals surface area (Å²) in [6.45, 7) is 0.599.